The number of hydrogen-bond donors (Lipinski definition) is 0. The molecule has 0 spiro atoms. The first kappa shape index (κ1) is 12.5. The lowest BCUT2D eigenvalue weighted by Gasteiger charge is -2.23. The average molecular weight is 211 g/mol. The van der Waals surface area contributed by atoms with Crippen molar-refractivity contribution >= 4 is 17.8 Å². The molecule has 0 heterocycles. The predicted octanol–water partition coefficient (Wildman–Crippen LogP) is 1.43. The van der Waals surface area contributed by atoms with Crippen LogP contribution in [0.1, 0.15) is 6.92 Å². The summed E-state index contributed by atoms with van der Waals surface area (Å²) in [5.41, 5.74) is -0.642. The highest BCUT2D eigenvalue weighted by Crippen LogP contribution is 1.98. The zero-order valence-corrected chi connectivity index (χ0v) is 9.30. The van der Waals surface area contributed by atoms with Crippen LogP contribution in [0.15, 0.2) is 0 Å². The molecule has 0 saturated heterocycles. The van der Waals surface area contributed by atoms with Crippen molar-refractivity contribution in [2.45, 2.75) is 12.5 Å². The summed E-state index contributed by atoms with van der Waals surface area (Å²) in [5, 5.41) is 0. The Hall–Kier alpha value is -0.480. The SMILES string of the molecule is CC(Cl)OC(=O)OCC[N+](C)(C)C. The summed E-state index contributed by atoms with van der Waals surface area (Å²) in [5.74, 6) is 0. The van der Waals surface area contributed by atoms with Crippen molar-refractivity contribution in [1.29, 1.82) is 0 Å². The number of hydrogen-bond acceptors (Lipinski definition) is 3. The monoisotopic (exact) mass is 210 g/mol. The van der Waals surface area contributed by atoms with E-state index < -0.39 is 11.7 Å². The van der Waals surface area contributed by atoms with E-state index in [1.54, 1.807) is 6.92 Å². The molecule has 5 heteroatoms. The van der Waals surface area contributed by atoms with Gasteiger partial charge in [-0.3, -0.25) is 0 Å². The van der Waals surface area contributed by atoms with Crippen molar-refractivity contribution in [3.05, 3.63) is 0 Å². The van der Waals surface area contributed by atoms with Gasteiger partial charge < -0.3 is 14.0 Å². The van der Waals surface area contributed by atoms with Crippen molar-refractivity contribution in [3.8, 4) is 0 Å². The van der Waals surface area contributed by atoms with Gasteiger partial charge in [0, 0.05) is 0 Å². The van der Waals surface area contributed by atoms with E-state index in [4.69, 9.17) is 16.3 Å². The summed E-state index contributed by atoms with van der Waals surface area (Å²) in [6.07, 6.45) is -0.712. The molecule has 78 valence electrons. The molecule has 0 aromatic rings. The second-order valence-corrected chi connectivity index (χ2v) is 4.39. The standard InChI is InChI=1S/C8H17ClNO3/c1-7(9)13-8(11)12-6-5-10(2,3)4/h7H,5-6H2,1-4H3/q+1. The Morgan fingerprint density at radius 3 is 2.38 bits per heavy atom. The van der Waals surface area contributed by atoms with E-state index in [0.717, 1.165) is 11.0 Å². The number of nitrogens with zero attached hydrogens (tertiary/aromatic N) is 1. The van der Waals surface area contributed by atoms with Crippen LogP contribution in [0, 0.1) is 0 Å². The molecule has 0 bridgehead atoms. The van der Waals surface area contributed by atoms with E-state index in [1.807, 2.05) is 21.1 Å². The normalized spacial score (nSPS) is 13.6. The molecule has 0 amide bonds. The van der Waals surface area contributed by atoms with Crippen molar-refractivity contribution in [3.63, 3.8) is 0 Å². The number of halogens is 1. The number of quaternary nitrogens is 1. The Kier molecular flexibility index (Phi) is 5.10. The molecular weight excluding hydrogens is 194 g/mol. The number of ether oxygens (including phenoxy) is 2. The molecular formula is C8H17ClNO3+. The van der Waals surface area contributed by atoms with Gasteiger partial charge in [-0.05, 0) is 6.92 Å². The van der Waals surface area contributed by atoms with Crippen LogP contribution in [0.25, 0.3) is 0 Å². The van der Waals surface area contributed by atoms with Crippen LogP contribution >= 0.6 is 11.6 Å². The summed E-state index contributed by atoms with van der Waals surface area (Å²) in [6, 6.07) is 0. The first-order chi connectivity index (χ1) is 5.81. The van der Waals surface area contributed by atoms with Crippen LogP contribution in [0.4, 0.5) is 4.79 Å². The fourth-order valence-electron chi connectivity index (χ4n) is 0.569. The van der Waals surface area contributed by atoms with Gasteiger partial charge in [-0.2, -0.15) is 0 Å². The number of alkyl halides is 1. The smallest absolute Gasteiger partial charge is 0.428 e. The van der Waals surface area contributed by atoms with Crippen LogP contribution < -0.4 is 0 Å². The Labute approximate surface area is 84.0 Å². The third kappa shape index (κ3) is 9.43. The third-order valence-electron chi connectivity index (χ3n) is 1.24. The van der Waals surface area contributed by atoms with E-state index in [1.165, 1.54) is 0 Å². The lowest BCUT2D eigenvalue weighted by molar-refractivity contribution is -0.870. The molecule has 0 aliphatic rings. The molecule has 0 aromatic carbocycles. The first-order valence-corrected chi connectivity index (χ1v) is 4.53. The quantitative estimate of drug-likeness (QED) is 0.400. The summed E-state index contributed by atoms with van der Waals surface area (Å²) in [4.78, 5) is 10.8. The molecule has 0 aliphatic heterocycles. The van der Waals surface area contributed by atoms with Gasteiger partial charge in [0.2, 0.25) is 0 Å². The van der Waals surface area contributed by atoms with Gasteiger partial charge in [-0.25, -0.2) is 4.79 Å². The molecule has 0 fully saturated rings. The van der Waals surface area contributed by atoms with Crippen molar-refractivity contribution in [2.75, 3.05) is 34.3 Å². The van der Waals surface area contributed by atoms with Crippen LogP contribution in [-0.2, 0) is 9.47 Å². The Bertz CT molecular complexity index is 165. The Balaban J connectivity index is 3.49. The number of likely N-dealkylation sites (N-methyl/N-ethyl adjacent to an activating group) is 1. The Morgan fingerprint density at radius 2 is 2.00 bits per heavy atom. The van der Waals surface area contributed by atoms with E-state index in [-0.39, 0.29) is 0 Å². The molecule has 0 rings (SSSR count). The fraction of sp³-hybridized carbons (Fsp3) is 0.875. The molecule has 13 heavy (non-hydrogen) atoms. The Morgan fingerprint density at radius 1 is 1.46 bits per heavy atom. The topological polar surface area (TPSA) is 35.5 Å². The lowest BCUT2D eigenvalue weighted by Crippen LogP contribution is -2.38. The minimum absolute atomic E-state index is 0.339. The zero-order valence-electron chi connectivity index (χ0n) is 8.54. The highest BCUT2D eigenvalue weighted by atomic mass is 35.5. The van der Waals surface area contributed by atoms with Crippen molar-refractivity contribution in [2.24, 2.45) is 0 Å². The van der Waals surface area contributed by atoms with Crippen LogP contribution in [0.5, 0.6) is 0 Å². The lowest BCUT2D eigenvalue weighted by atomic mass is 10.5. The molecule has 0 aromatic heterocycles. The average Bonchev–Trinajstić information content (AvgIpc) is 1.81. The van der Waals surface area contributed by atoms with E-state index in [9.17, 15) is 4.79 Å². The maximum absolute atomic E-state index is 10.8. The van der Waals surface area contributed by atoms with E-state index in [2.05, 4.69) is 4.74 Å². The van der Waals surface area contributed by atoms with Gasteiger partial charge in [0.25, 0.3) is 0 Å². The number of carbonyl (C=O) groups excluding carboxylic acids is 1. The molecule has 1 unspecified atom stereocenters. The molecule has 0 radical (unpaired) electrons. The van der Waals surface area contributed by atoms with Crippen LogP contribution in [0.3, 0.4) is 0 Å². The summed E-state index contributed by atoms with van der Waals surface area (Å²) < 4.78 is 10.1. The van der Waals surface area contributed by atoms with Gasteiger partial charge in [0.1, 0.15) is 13.2 Å². The molecule has 4 nitrogen and oxygen atoms in total. The minimum atomic E-state index is -0.712. The van der Waals surface area contributed by atoms with Crippen LogP contribution in [-0.4, -0.2) is 50.5 Å². The number of carbonyl (C=O) groups is 1. The van der Waals surface area contributed by atoms with Crippen molar-refractivity contribution in [1.82, 2.24) is 0 Å². The highest BCUT2D eigenvalue weighted by molar-refractivity contribution is 6.19. The molecule has 0 aliphatic carbocycles. The van der Waals surface area contributed by atoms with Gasteiger partial charge in [0.05, 0.1) is 21.1 Å². The minimum Gasteiger partial charge on any atom is -0.428 e. The maximum atomic E-state index is 10.8. The summed E-state index contributed by atoms with van der Waals surface area (Å²) in [7, 11) is 6.04. The predicted molar refractivity (Wildman–Crippen MR) is 50.6 cm³/mol. The summed E-state index contributed by atoms with van der Waals surface area (Å²) >= 11 is 5.41. The van der Waals surface area contributed by atoms with E-state index in [0.29, 0.717) is 6.61 Å². The largest absolute Gasteiger partial charge is 0.509 e. The highest BCUT2D eigenvalue weighted by Gasteiger charge is 2.11. The van der Waals surface area contributed by atoms with Gasteiger partial charge in [0.15, 0.2) is 5.56 Å². The second-order valence-electron chi connectivity index (χ2n) is 3.77. The second kappa shape index (κ2) is 5.29. The van der Waals surface area contributed by atoms with Crippen LogP contribution in [0.2, 0.25) is 0 Å². The number of rotatable bonds is 4. The zero-order chi connectivity index (χ0) is 10.5. The molecule has 0 N–H and O–H groups in total. The van der Waals surface area contributed by atoms with Gasteiger partial charge in [-0.1, -0.05) is 11.6 Å². The summed E-state index contributed by atoms with van der Waals surface area (Å²) in [6.45, 7) is 2.64. The third-order valence-corrected chi connectivity index (χ3v) is 1.33. The van der Waals surface area contributed by atoms with Gasteiger partial charge in [-0.15, -0.1) is 0 Å². The maximum Gasteiger partial charge on any atom is 0.509 e. The van der Waals surface area contributed by atoms with Gasteiger partial charge >= 0.3 is 6.16 Å². The molecule has 1 atom stereocenters. The molecule has 0 saturated carbocycles. The van der Waals surface area contributed by atoms with E-state index >= 15 is 0 Å². The first-order valence-electron chi connectivity index (χ1n) is 4.09. The van der Waals surface area contributed by atoms with Crippen molar-refractivity contribution < 1.29 is 18.8 Å². The fourth-order valence-corrected chi connectivity index (χ4v) is 0.642.